The van der Waals surface area contributed by atoms with Gasteiger partial charge in [-0.3, -0.25) is 0 Å². The lowest BCUT2D eigenvalue weighted by molar-refractivity contribution is 0.0740. The normalized spacial score (nSPS) is 29.2. The van der Waals surface area contributed by atoms with E-state index in [0.29, 0.717) is 5.92 Å². The van der Waals surface area contributed by atoms with Crippen LogP contribution in [0.3, 0.4) is 0 Å². The number of hydrogen-bond donors (Lipinski definition) is 0. The summed E-state index contributed by atoms with van der Waals surface area (Å²) in [5.41, 5.74) is 1.23. The highest BCUT2D eigenvalue weighted by Gasteiger charge is 2.41. The van der Waals surface area contributed by atoms with Crippen LogP contribution in [0.1, 0.15) is 42.9 Å². The molecule has 0 amide bonds. The molecule has 1 aliphatic heterocycles. The first-order valence-electron chi connectivity index (χ1n) is 6.77. The predicted octanol–water partition coefficient (Wildman–Crippen LogP) is 4.56. The van der Waals surface area contributed by atoms with Crippen molar-refractivity contribution in [2.75, 3.05) is 0 Å². The number of rotatable bonds is 2. The molecule has 1 saturated heterocycles. The summed E-state index contributed by atoms with van der Waals surface area (Å²) in [4.78, 5) is 11.6. The van der Waals surface area contributed by atoms with Crippen LogP contribution >= 0.6 is 11.8 Å². The van der Waals surface area contributed by atoms with Gasteiger partial charge in [0.25, 0.3) is 0 Å². The van der Waals surface area contributed by atoms with E-state index in [1.807, 2.05) is 18.2 Å². The molecule has 0 spiro atoms. The summed E-state index contributed by atoms with van der Waals surface area (Å²) in [6.45, 7) is 0. The van der Waals surface area contributed by atoms with E-state index in [1.165, 1.54) is 49.4 Å². The summed E-state index contributed by atoms with van der Waals surface area (Å²) < 4.78 is 5.59. The average molecular weight is 262 g/mol. The molecule has 0 radical (unpaired) electrons. The maximum Gasteiger partial charge on any atom is 0.368 e. The number of hydrogen-bond acceptors (Lipinski definition) is 3. The minimum absolute atomic E-state index is 0.0881. The van der Waals surface area contributed by atoms with Crippen molar-refractivity contribution in [3.63, 3.8) is 0 Å². The second-order valence-electron chi connectivity index (χ2n) is 5.18. The van der Waals surface area contributed by atoms with E-state index in [2.05, 4.69) is 12.1 Å². The Balaban J connectivity index is 1.81. The van der Waals surface area contributed by atoms with Crippen LogP contribution in [0.4, 0.5) is 4.79 Å². The first kappa shape index (κ1) is 12.1. The quantitative estimate of drug-likeness (QED) is 0.731. The van der Waals surface area contributed by atoms with Crippen molar-refractivity contribution >= 4 is 17.1 Å². The molecular formula is C15H18O2S. The average Bonchev–Trinajstić information content (AvgIpc) is 2.83. The van der Waals surface area contributed by atoms with E-state index < -0.39 is 0 Å². The van der Waals surface area contributed by atoms with Gasteiger partial charge in [-0.2, -0.15) is 0 Å². The Hall–Kier alpha value is -0.960. The minimum atomic E-state index is -0.0978. The smallest absolute Gasteiger partial charge is 0.368 e. The van der Waals surface area contributed by atoms with Crippen LogP contribution in [-0.4, -0.2) is 11.4 Å². The molecule has 1 aromatic rings. The molecule has 0 N–H and O–H groups in total. The molecule has 2 nitrogen and oxygen atoms in total. The van der Waals surface area contributed by atoms with Crippen LogP contribution in [0.2, 0.25) is 0 Å². The molecule has 1 aliphatic carbocycles. The van der Waals surface area contributed by atoms with Crippen LogP contribution in [0.25, 0.3) is 0 Å². The van der Waals surface area contributed by atoms with Crippen molar-refractivity contribution in [1.29, 1.82) is 0 Å². The van der Waals surface area contributed by atoms with Crippen molar-refractivity contribution < 1.29 is 9.53 Å². The Morgan fingerprint density at radius 3 is 2.50 bits per heavy atom. The Bertz CT molecular complexity index is 412. The van der Waals surface area contributed by atoms with Crippen molar-refractivity contribution in [1.82, 2.24) is 0 Å². The van der Waals surface area contributed by atoms with Gasteiger partial charge in [0, 0.05) is 0 Å². The van der Waals surface area contributed by atoms with E-state index in [1.54, 1.807) is 0 Å². The summed E-state index contributed by atoms with van der Waals surface area (Å²) in [5, 5.41) is 0.0984. The molecule has 0 aromatic heterocycles. The number of cyclic esters (lactones) is 1. The molecule has 2 aliphatic rings. The van der Waals surface area contributed by atoms with Gasteiger partial charge in [-0.25, -0.2) is 4.79 Å². The molecule has 1 saturated carbocycles. The maximum absolute atomic E-state index is 11.6. The molecule has 18 heavy (non-hydrogen) atoms. The van der Waals surface area contributed by atoms with Gasteiger partial charge < -0.3 is 4.74 Å². The first-order valence-corrected chi connectivity index (χ1v) is 7.65. The fraction of sp³-hybridized carbons (Fsp3) is 0.533. The van der Waals surface area contributed by atoms with Gasteiger partial charge in [-0.1, -0.05) is 49.6 Å². The topological polar surface area (TPSA) is 26.3 Å². The summed E-state index contributed by atoms with van der Waals surface area (Å²) in [7, 11) is 0. The van der Waals surface area contributed by atoms with E-state index >= 15 is 0 Å². The van der Waals surface area contributed by atoms with Crippen LogP contribution in [0.5, 0.6) is 0 Å². The van der Waals surface area contributed by atoms with Crippen molar-refractivity contribution in [3.05, 3.63) is 35.9 Å². The first-order chi connectivity index (χ1) is 8.84. The Morgan fingerprint density at radius 1 is 1.06 bits per heavy atom. The third kappa shape index (κ3) is 2.41. The monoisotopic (exact) mass is 262 g/mol. The fourth-order valence-corrected chi connectivity index (χ4v) is 4.16. The number of benzene rings is 1. The number of carbonyl (C=O) groups excluding carboxylic acids is 1. The molecule has 0 bridgehead atoms. The van der Waals surface area contributed by atoms with E-state index in [0.717, 1.165) is 0 Å². The van der Waals surface area contributed by atoms with E-state index in [-0.39, 0.29) is 16.7 Å². The second-order valence-corrected chi connectivity index (χ2v) is 6.26. The van der Waals surface area contributed by atoms with Gasteiger partial charge in [-0.15, -0.1) is 0 Å². The predicted molar refractivity (Wildman–Crippen MR) is 73.6 cm³/mol. The standard InChI is InChI=1S/C15H18O2S/c16-15-17-13(11-7-3-1-4-8-11)14(18-15)12-9-5-2-6-10-12/h2,5-6,9-11,13-14H,1,3-4,7-8H2/t13-,14-/m0/s1. The lowest BCUT2D eigenvalue weighted by Crippen LogP contribution is -2.27. The third-order valence-corrected chi connectivity index (χ3v) is 5.08. The highest BCUT2D eigenvalue weighted by molar-refractivity contribution is 8.13. The molecule has 96 valence electrons. The van der Waals surface area contributed by atoms with Gasteiger partial charge in [0.15, 0.2) is 0 Å². The van der Waals surface area contributed by atoms with Crippen LogP contribution in [0, 0.1) is 5.92 Å². The Labute approximate surface area is 112 Å². The lowest BCUT2D eigenvalue weighted by Gasteiger charge is -2.29. The zero-order valence-corrected chi connectivity index (χ0v) is 11.2. The van der Waals surface area contributed by atoms with Crippen molar-refractivity contribution in [2.24, 2.45) is 5.92 Å². The number of thioether (sulfide) groups is 1. The SMILES string of the molecule is O=C1O[C@@H](C2CCCCC2)[C@H](c2ccccc2)S1. The highest BCUT2D eigenvalue weighted by atomic mass is 32.2. The fourth-order valence-electron chi connectivity index (χ4n) is 3.08. The van der Waals surface area contributed by atoms with Gasteiger partial charge in [0.2, 0.25) is 0 Å². The molecule has 3 heteroatoms. The maximum atomic E-state index is 11.6. The van der Waals surface area contributed by atoms with E-state index in [9.17, 15) is 4.79 Å². The lowest BCUT2D eigenvalue weighted by atomic mass is 9.83. The molecule has 0 unspecified atom stereocenters. The summed E-state index contributed by atoms with van der Waals surface area (Å²) >= 11 is 1.36. The van der Waals surface area contributed by atoms with Gasteiger partial charge in [0.05, 0.1) is 5.25 Å². The largest absolute Gasteiger partial charge is 0.452 e. The Kier molecular flexibility index (Phi) is 3.59. The molecule has 1 heterocycles. The molecule has 1 aromatic carbocycles. The van der Waals surface area contributed by atoms with E-state index in [4.69, 9.17) is 4.74 Å². The van der Waals surface area contributed by atoms with Gasteiger partial charge >= 0.3 is 5.30 Å². The van der Waals surface area contributed by atoms with Crippen LogP contribution in [0.15, 0.2) is 30.3 Å². The zero-order chi connectivity index (χ0) is 12.4. The van der Waals surface area contributed by atoms with Gasteiger partial charge in [-0.05, 0) is 36.1 Å². The number of carbonyl (C=O) groups is 1. The molecule has 3 rings (SSSR count). The molecular weight excluding hydrogens is 244 g/mol. The van der Waals surface area contributed by atoms with Crippen molar-refractivity contribution in [2.45, 2.75) is 43.5 Å². The minimum Gasteiger partial charge on any atom is -0.452 e. The third-order valence-electron chi connectivity index (χ3n) is 4.00. The highest BCUT2D eigenvalue weighted by Crippen LogP contribution is 2.47. The number of ether oxygens (including phenoxy) is 1. The van der Waals surface area contributed by atoms with Crippen molar-refractivity contribution in [3.8, 4) is 0 Å². The summed E-state index contributed by atoms with van der Waals surface area (Å²) in [6.07, 6.45) is 6.41. The van der Waals surface area contributed by atoms with Gasteiger partial charge in [0.1, 0.15) is 6.10 Å². The zero-order valence-electron chi connectivity index (χ0n) is 10.4. The van der Waals surface area contributed by atoms with Crippen LogP contribution < -0.4 is 0 Å². The Morgan fingerprint density at radius 2 is 1.78 bits per heavy atom. The van der Waals surface area contributed by atoms with Crippen LogP contribution in [-0.2, 0) is 4.74 Å². The molecule has 2 atom stereocenters. The summed E-state index contributed by atoms with van der Waals surface area (Å²) in [5.74, 6) is 0.558. The second kappa shape index (κ2) is 5.35. The summed E-state index contributed by atoms with van der Waals surface area (Å²) in [6, 6.07) is 10.3. The molecule has 2 fully saturated rings.